The zero-order chi connectivity index (χ0) is 28.3. The number of nitrogens with zero attached hydrogens (tertiary/aromatic N) is 3. The molecule has 0 aliphatic heterocycles. The van der Waals surface area contributed by atoms with Gasteiger partial charge in [0, 0.05) is 31.8 Å². The Balaban J connectivity index is 1.43. The highest BCUT2D eigenvalue weighted by Gasteiger charge is 2.35. The quantitative estimate of drug-likeness (QED) is 0.305. The van der Waals surface area contributed by atoms with Crippen molar-refractivity contribution in [1.29, 1.82) is 0 Å². The third kappa shape index (κ3) is 6.01. The summed E-state index contributed by atoms with van der Waals surface area (Å²) in [6.45, 7) is 2.32. The van der Waals surface area contributed by atoms with Crippen LogP contribution in [0.15, 0.2) is 90.2 Å². The first-order valence-electron chi connectivity index (χ1n) is 13.5. The molecular formula is C31H34N4O4S. The number of aliphatic hydroxyl groups is 1. The van der Waals surface area contributed by atoms with Crippen molar-refractivity contribution >= 4 is 21.6 Å². The van der Waals surface area contributed by atoms with E-state index in [0.29, 0.717) is 37.1 Å². The fraction of sp³-hybridized carbons (Fsp3) is 0.290. The molecule has 4 aromatic rings. The molecule has 8 nitrogen and oxygen atoms in total. The number of amides is 1. The molecule has 2 atom stereocenters. The topological polar surface area (TPSA) is 105 Å². The van der Waals surface area contributed by atoms with Gasteiger partial charge in [-0.1, -0.05) is 55.5 Å². The summed E-state index contributed by atoms with van der Waals surface area (Å²) < 4.78 is 31.1. The molecule has 1 amide bonds. The number of carbonyl (C=O) groups excluding carboxylic acids is 1. The number of rotatable bonds is 10. The highest BCUT2D eigenvalue weighted by atomic mass is 32.2. The summed E-state index contributed by atoms with van der Waals surface area (Å²) in [6, 6.07) is 21.4. The number of aliphatic hydroxyl groups excluding tert-OH is 1. The van der Waals surface area contributed by atoms with Gasteiger partial charge in [-0.2, -0.15) is 0 Å². The van der Waals surface area contributed by atoms with Crippen LogP contribution in [0.1, 0.15) is 47.3 Å². The normalized spacial score (nSPS) is 16.6. The summed E-state index contributed by atoms with van der Waals surface area (Å²) >= 11 is 0. The Morgan fingerprint density at radius 2 is 1.82 bits per heavy atom. The van der Waals surface area contributed by atoms with Gasteiger partial charge in [-0.25, -0.2) is 18.1 Å². The average Bonchev–Trinajstić information content (AvgIpc) is 3.51. The van der Waals surface area contributed by atoms with Crippen LogP contribution in [0, 0.1) is 0 Å². The van der Waals surface area contributed by atoms with E-state index >= 15 is 0 Å². The number of carbonyl (C=O) groups is 1. The van der Waals surface area contributed by atoms with Crippen LogP contribution >= 0.6 is 0 Å². The van der Waals surface area contributed by atoms with Gasteiger partial charge in [-0.3, -0.25) is 4.79 Å². The van der Waals surface area contributed by atoms with Crippen molar-refractivity contribution in [2.45, 2.75) is 56.2 Å². The van der Waals surface area contributed by atoms with E-state index in [1.165, 1.54) is 0 Å². The Kier molecular flexibility index (Phi) is 8.16. The third-order valence-corrected chi connectivity index (χ3v) is 8.98. The van der Waals surface area contributed by atoms with Crippen molar-refractivity contribution in [3.8, 4) is 0 Å². The van der Waals surface area contributed by atoms with Gasteiger partial charge < -0.3 is 14.6 Å². The van der Waals surface area contributed by atoms with Crippen LogP contribution in [0.4, 0.5) is 5.69 Å². The second kappa shape index (κ2) is 11.8. The van der Waals surface area contributed by atoms with Crippen molar-refractivity contribution in [1.82, 2.24) is 14.3 Å². The van der Waals surface area contributed by atoms with E-state index in [0.717, 1.165) is 28.8 Å². The molecule has 0 radical (unpaired) electrons. The SMILES string of the molecule is CCc1ccc(S(=O)(=O)NC2c3cc(N(Cc4cncn4C)C(=O)CCc4ccccc4)ccc3C[C@H]2O)cc1. The molecular weight excluding hydrogens is 524 g/mol. The van der Waals surface area contributed by atoms with Crippen molar-refractivity contribution in [2.75, 3.05) is 4.90 Å². The zero-order valence-corrected chi connectivity index (χ0v) is 23.5. The Labute approximate surface area is 235 Å². The molecule has 0 spiro atoms. The number of hydrogen-bond donors (Lipinski definition) is 2. The van der Waals surface area contributed by atoms with Crippen LogP contribution in [-0.2, 0) is 47.7 Å². The number of anilines is 1. The van der Waals surface area contributed by atoms with Gasteiger partial charge in [0.1, 0.15) is 0 Å². The first kappa shape index (κ1) is 27.8. The number of nitrogens with one attached hydrogen (secondary N) is 1. The minimum absolute atomic E-state index is 0.0586. The molecule has 9 heteroatoms. The molecule has 1 aliphatic rings. The van der Waals surface area contributed by atoms with Crippen LogP contribution < -0.4 is 9.62 Å². The van der Waals surface area contributed by atoms with Crippen LogP contribution in [0.2, 0.25) is 0 Å². The molecule has 5 rings (SSSR count). The van der Waals surface area contributed by atoms with Gasteiger partial charge >= 0.3 is 0 Å². The second-order valence-corrected chi connectivity index (χ2v) is 11.9. The van der Waals surface area contributed by atoms with E-state index in [1.54, 1.807) is 41.7 Å². The molecule has 1 heterocycles. The number of sulfonamides is 1. The first-order valence-corrected chi connectivity index (χ1v) is 14.9. The molecule has 0 bridgehead atoms. The Morgan fingerprint density at radius 3 is 2.50 bits per heavy atom. The van der Waals surface area contributed by atoms with E-state index < -0.39 is 22.2 Å². The molecule has 0 saturated heterocycles. The minimum Gasteiger partial charge on any atom is -0.391 e. The van der Waals surface area contributed by atoms with Gasteiger partial charge in [0.25, 0.3) is 0 Å². The number of benzene rings is 3. The number of fused-ring (bicyclic) bond motifs is 1. The summed E-state index contributed by atoms with van der Waals surface area (Å²) in [5.41, 5.74) is 5.15. The lowest BCUT2D eigenvalue weighted by Gasteiger charge is -2.25. The fourth-order valence-corrected chi connectivity index (χ4v) is 6.36. The fourth-order valence-electron chi connectivity index (χ4n) is 5.11. The van der Waals surface area contributed by atoms with Crippen LogP contribution in [0.5, 0.6) is 0 Å². The highest BCUT2D eigenvalue weighted by molar-refractivity contribution is 7.89. The molecule has 0 fully saturated rings. The Bertz CT molecular complexity index is 1580. The largest absolute Gasteiger partial charge is 0.391 e. The summed E-state index contributed by atoms with van der Waals surface area (Å²) in [4.78, 5) is 19.7. The first-order chi connectivity index (χ1) is 19.2. The van der Waals surface area contributed by atoms with Crippen LogP contribution in [0.3, 0.4) is 0 Å². The number of aryl methyl sites for hydroxylation is 3. The molecule has 208 valence electrons. The summed E-state index contributed by atoms with van der Waals surface area (Å²) in [5, 5.41) is 10.9. The van der Waals surface area contributed by atoms with Crippen molar-refractivity contribution in [2.24, 2.45) is 7.05 Å². The predicted molar refractivity (Wildman–Crippen MR) is 154 cm³/mol. The number of aromatic nitrogens is 2. The summed E-state index contributed by atoms with van der Waals surface area (Å²) in [6.07, 6.45) is 4.55. The van der Waals surface area contributed by atoms with Crippen LogP contribution in [0.25, 0.3) is 0 Å². The second-order valence-electron chi connectivity index (χ2n) is 10.2. The van der Waals surface area contributed by atoms with Crippen molar-refractivity contribution in [3.05, 3.63) is 113 Å². The molecule has 2 N–H and O–H groups in total. The van der Waals surface area contributed by atoms with E-state index in [2.05, 4.69) is 9.71 Å². The lowest BCUT2D eigenvalue weighted by atomic mass is 10.1. The lowest BCUT2D eigenvalue weighted by molar-refractivity contribution is -0.118. The maximum atomic E-state index is 13.6. The molecule has 40 heavy (non-hydrogen) atoms. The third-order valence-electron chi connectivity index (χ3n) is 7.52. The predicted octanol–water partition coefficient (Wildman–Crippen LogP) is 4.09. The van der Waals surface area contributed by atoms with E-state index in [1.807, 2.05) is 67.1 Å². The Hall–Kier alpha value is -3.79. The summed E-state index contributed by atoms with van der Waals surface area (Å²) in [5.74, 6) is -0.0586. The van der Waals surface area contributed by atoms with E-state index in [-0.39, 0.29) is 10.8 Å². The van der Waals surface area contributed by atoms with Gasteiger partial charge in [0.15, 0.2) is 0 Å². The smallest absolute Gasteiger partial charge is 0.241 e. The number of hydrogen-bond acceptors (Lipinski definition) is 5. The highest BCUT2D eigenvalue weighted by Crippen LogP contribution is 2.36. The van der Waals surface area contributed by atoms with E-state index in [9.17, 15) is 18.3 Å². The van der Waals surface area contributed by atoms with Gasteiger partial charge in [-0.05, 0) is 59.4 Å². The standard InChI is InChI=1S/C31H34N4O4S/c1-3-22-9-14-27(15-10-22)40(38,39)33-31-28-18-25(13-12-24(28)17-29(31)36)35(20-26-19-32-21-34(26)2)30(37)16-11-23-7-5-4-6-8-23/h4-10,12-15,18-19,21,29,31,33,36H,3,11,16-17,20H2,1-2H3/t29-,31?/m1/s1. The van der Waals surface area contributed by atoms with Gasteiger partial charge in [-0.15, -0.1) is 0 Å². The average molecular weight is 559 g/mol. The van der Waals surface area contributed by atoms with Crippen molar-refractivity contribution in [3.63, 3.8) is 0 Å². The van der Waals surface area contributed by atoms with Crippen LogP contribution in [-0.4, -0.2) is 35.1 Å². The zero-order valence-electron chi connectivity index (χ0n) is 22.7. The minimum atomic E-state index is -3.88. The van der Waals surface area contributed by atoms with E-state index in [4.69, 9.17) is 0 Å². The Morgan fingerprint density at radius 1 is 1.07 bits per heavy atom. The molecule has 1 aromatic heterocycles. The van der Waals surface area contributed by atoms with Crippen molar-refractivity contribution < 1.29 is 18.3 Å². The lowest BCUT2D eigenvalue weighted by Crippen LogP contribution is -2.34. The molecule has 1 unspecified atom stereocenters. The number of imidazole rings is 1. The maximum absolute atomic E-state index is 13.6. The van der Waals surface area contributed by atoms with Gasteiger partial charge in [0.2, 0.25) is 15.9 Å². The maximum Gasteiger partial charge on any atom is 0.241 e. The molecule has 0 saturated carbocycles. The molecule has 1 aliphatic carbocycles. The monoisotopic (exact) mass is 558 g/mol. The molecule has 3 aromatic carbocycles. The van der Waals surface area contributed by atoms with Gasteiger partial charge in [0.05, 0.1) is 35.6 Å². The summed E-state index contributed by atoms with van der Waals surface area (Å²) in [7, 11) is -2.00.